The highest BCUT2D eigenvalue weighted by Crippen LogP contribution is 2.32. The van der Waals surface area contributed by atoms with Gasteiger partial charge in [-0.1, -0.05) is 0 Å². The van der Waals surface area contributed by atoms with Crippen LogP contribution in [-0.2, 0) is 9.47 Å². The first-order valence-corrected chi connectivity index (χ1v) is 6.15. The van der Waals surface area contributed by atoms with Crippen LogP contribution in [0.15, 0.2) is 0 Å². The average molecular weight is 268 g/mol. The second kappa shape index (κ2) is 5.73. The maximum atomic E-state index is 14.0. The molecule has 2 saturated heterocycles. The second-order valence-electron chi connectivity index (χ2n) is 4.78. The van der Waals surface area contributed by atoms with Gasteiger partial charge in [0.2, 0.25) is 6.30 Å². The van der Waals surface area contributed by atoms with E-state index in [1.54, 1.807) is 0 Å². The number of rotatable bonds is 3. The summed E-state index contributed by atoms with van der Waals surface area (Å²) in [7, 11) is 1.89. The molecule has 0 bridgehead atoms. The molecule has 106 valence electrons. The molecule has 2 heterocycles. The molecule has 0 radical (unpaired) electrons. The van der Waals surface area contributed by atoms with Gasteiger partial charge in [-0.15, -0.1) is 0 Å². The molecule has 2 aliphatic heterocycles. The van der Waals surface area contributed by atoms with E-state index in [2.05, 4.69) is 0 Å². The lowest BCUT2D eigenvalue weighted by molar-refractivity contribution is -0.244. The Morgan fingerprint density at radius 2 is 1.83 bits per heavy atom. The predicted molar refractivity (Wildman–Crippen MR) is 59.5 cm³/mol. The molecule has 4 nitrogen and oxygen atoms in total. The molecule has 2 aliphatic rings. The lowest BCUT2D eigenvalue weighted by atomic mass is 10.1. The topological polar surface area (TPSA) is 24.9 Å². The molecule has 7 heteroatoms. The van der Waals surface area contributed by atoms with Crippen molar-refractivity contribution in [1.82, 2.24) is 9.80 Å². The summed E-state index contributed by atoms with van der Waals surface area (Å²) in [5.74, 6) is -3.53. The van der Waals surface area contributed by atoms with Gasteiger partial charge in [0.1, 0.15) is 6.10 Å². The molecule has 0 aromatic heterocycles. The summed E-state index contributed by atoms with van der Waals surface area (Å²) in [4.78, 5) is 3.17. The maximum absolute atomic E-state index is 14.0. The van der Waals surface area contributed by atoms with Gasteiger partial charge in [0.25, 0.3) is 0 Å². The van der Waals surface area contributed by atoms with Crippen molar-refractivity contribution in [1.29, 1.82) is 0 Å². The van der Waals surface area contributed by atoms with Gasteiger partial charge in [0, 0.05) is 26.2 Å². The zero-order valence-corrected chi connectivity index (χ0v) is 10.4. The summed E-state index contributed by atoms with van der Waals surface area (Å²) in [6.45, 7) is 1.94. The zero-order chi connectivity index (χ0) is 13.2. The lowest BCUT2D eigenvalue weighted by Gasteiger charge is -2.39. The van der Waals surface area contributed by atoms with Gasteiger partial charge < -0.3 is 14.4 Å². The number of halogens is 3. The Hall–Kier alpha value is -0.370. The molecule has 0 aliphatic carbocycles. The fourth-order valence-corrected chi connectivity index (χ4v) is 2.16. The standard InChI is InChI=1S/C11H19F3N2O2/c1-15-2-4-16(5-3-15)10(12)11(13,14)9-8-17-6-7-18-9/h9-10H,2-8H2,1H3. The highest BCUT2D eigenvalue weighted by Gasteiger charge is 2.52. The van der Waals surface area contributed by atoms with Crippen LogP contribution in [0.3, 0.4) is 0 Å². The Kier molecular flexibility index (Phi) is 4.47. The molecule has 0 aromatic rings. The van der Waals surface area contributed by atoms with Crippen LogP contribution in [0.1, 0.15) is 0 Å². The Balaban J connectivity index is 1.95. The first-order chi connectivity index (χ1) is 8.51. The van der Waals surface area contributed by atoms with Crippen molar-refractivity contribution in [3.8, 4) is 0 Å². The quantitative estimate of drug-likeness (QED) is 0.699. The molecule has 2 fully saturated rings. The molecular weight excluding hydrogens is 249 g/mol. The van der Waals surface area contributed by atoms with Gasteiger partial charge in [-0.25, -0.2) is 4.39 Å². The Labute approximate surface area is 105 Å². The van der Waals surface area contributed by atoms with E-state index in [9.17, 15) is 13.2 Å². The van der Waals surface area contributed by atoms with E-state index >= 15 is 0 Å². The Morgan fingerprint density at radius 1 is 1.17 bits per heavy atom. The lowest BCUT2D eigenvalue weighted by Crippen LogP contribution is -2.58. The molecule has 2 atom stereocenters. The summed E-state index contributed by atoms with van der Waals surface area (Å²) >= 11 is 0. The van der Waals surface area contributed by atoms with Crippen molar-refractivity contribution >= 4 is 0 Å². The molecule has 2 unspecified atom stereocenters. The number of ether oxygens (including phenoxy) is 2. The van der Waals surface area contributed by atoms with Gasteiger partial charge in [-0.3, -0.25) is 4.90 Å². The van der Waals surface area contributed by atoms with Gasteiger partial charge >= 0.3 is 5.92 Å². The van der Waals surface area contributed by atoms with Crippen LogP contribution in [0.4, 0.5) is 13.2 Å². The fraction of sp³-hybridized carbons (Fsp3) is 1.00. The minimum Gasteiger partial charge on any atom is -0.376 e. The Bertz CT molecular complexity index is 267. The molecular formula is C11H19F3N2O2. The van der Waals surface area contributed by atoms with Crippen LogP contribution in [-0.4, -0.2) is 81.2 Å². The van der Waals surface area contributed by atoms with Gasteiger partial charge in [0.15, 0.2) is 0 Å². The summed E-state index contributed by atoms with van der Waals surface area (Å²) in [5, 5.41) is 0. The normalized spacial score (nSPS) is 30.3. The smallest absolute Gasteiger partial charge is 0.319 e. The number of hydrogen-bond donors (Lipinski definition) is 0. The van der Waals surface area contributed by atoms with Crippen LogP contribution in [0, 0.1) is 0 Å². The van der Waals surface area contributed by atoms with Crippen LogP contribution in [0.5, 0.6) is 0 Å². The van der Waals surface area contributed by atoms with Crippen molar-refractivity contribution in [2.45, 2.75) is 18.3 Å². The molecule has 0 aromatic carbocycles. The summed E-state index contributed by atoms with van der Waals surface area (Å²) in [5.41, 5.74) is 0. The SMILES string of the molecule is CN1CCN(C(F)C(F)(F)C2COCCO2)CC1. The molecule has 0 spiro atoms. The summed E-state index contributed by atoms with van der Waals surface area (Å²) in [6, 6.07) is 0. The molecule has 2 rings (SSSR count). The molecule has 18 heavy (non-hydrogen) atoms. The third-order valence-electron chi connectivity index (χ3n) is 3.42. The van der Waals surface area contributed by atoms with Crippen molar-refractivity contribution in [3.05, 3.63) is 0 Å². The molecule has 0 N–H and O–H groups in total. The van der Waals surface area contributed by atoms with Gasteiger partial charge in [-0.2, -0.15) is 8.78 Å². The van der Waals surface area contributed by atoms with E-state index in [0.717, 1.165) is 0 Å². The van der Waals surface area contributed by atoms with Crippen molar-refractivity contribution in [3.63, 3.8) is 0 Å². The van der Waals surface area contributed by atoms with Crippen molar-refractivity contribution in [2.24, 2.45) is 0 Å². The van der Waals surface area contributed by atoms with E-state index in [1.165, 1.54) is 4.90 Å². The molecule has 0 amide bonds. The highest BCUT2D eigenvalue weighted by atomic mass is 19.3. The first-order valence-electron chi connectivity index (χ1n) is 6.15. The summed E-state index contributed by atoms with van der Waals surface area (Å²) < 4.78 is 51.7. The highest BCUT2D eigenvalue weighted by molar-refractivity contribution is 4.88. The van der Waals surface area contributed by atoms with Gasteiger partial charge in [-0.05, 0) is 7.05 Å². The zero-order valence-electron chi connectivity index (χ0n) is 10.4. The van der Waals surface area contributed by atoms with Crippen LogP contribution < -0.4 is 0 Å². The summed E-state index contributed by atoms with van der Waals surface area (Å²) in [6.07, 6.45) is -3.79. The van der Waals surface area contributed by atoms with E-state index in [4.69, 9.17) is 9.47 Å². The number of nitrogens with zero attached hydrogens (tertiary/aromatic N) is 2. The van der Waals surface area contributed by atoms with Crippen LogP contribution in [0.2, 0.25) is 0 Å². The number of alkyl halides is 3. The third-order valence-corrected chi connectivity index (χ3v) is 3.42. The second-order valence-corrected chi connectivity index (χ2v) is 4.78. The third kappa shape index (κ3) is 2.96. The molecule has 0 saturated carbocycles. The average Bonchev–Trinajstić information content (AvgIpc) is 2.40. The van der Waals surface area contributed by atoms with Crippen molar-refractivity contribution < 1.29 is 22.6 Å². The van der Waals surface area contributed by atoms with Crippen LogP contribution in [0.25, 0.3) is 0 Å². The van der Waals surface area contributed by atoms with E-state index in [-0.39, 0.29) is 19.8 Å². The minimum atomic E-state index is -3.53. The minimum absolute atomic E-state index is 0.0930. The van der Waals surface area contributed by atoms with Gasteiger partial charge in [0.05, 0.1) is 19.8 Å². The first kappa shape index (κ1) is 14.0. The Morgan fingerprint density at radius 3 is 2.39 bits per heavy atom. The van der Waals surface area contributed by atoms with Crippen molar-refractivity contribution in [2.75, 3.05) is 53.0 Å². The van der Waals surface area contributed by atoms with E-state index < -0.39 is 18.3 Å². The fourth-order valence-electron chi connectivity index (χ4n) is 2.16. The monoisotopic (exact) mass is 268 g/mol. The number of piperazine rings is 1. The maximum Gasteiger partial charge on any atom is 0.319 e. The van der Waals surface area contributed by atoms with E-state index in [1.807, 2.05) is 11.9 Å². The van der Waals surface area contributed by atoms with E-state index in [0.29, 0.717) is 26.2 Å². The number of likely N-dealkylation sites (N-methyl/N-ethyl adjacent to an activating group) is 1. The van der Waals surface area contributed by atoms with Crippen LogP contribution >= 0.6 is 0 Å². The largest absolute Gasteiger partial charge is 0.376 e. The number of hydrogen-bond acceptors (Lipinski definition) is 4. The predicted octanol–water partition coefficient (Wildman–Crippen LogP) is 0.580.